The maximum absolute atomic E-state index is 13.4. The molecule has 0 amide bonds. The van der Waals surface area contributed by atoms with Crippen molar-refractivity contribution in [3.8, 4) is 0 Å². The van der Waals surface area contributed by atoms with E-state index in [1.165, 1.54) is 17.7 Å². The number of para-hydroxylation sites is 1. The van der Waals surface area contributed by atoms with Crippen LogP contribution in [0.2, 0.25) is 0 Å². The lowest BCUT2D eigenvalue weighted by Crippen LogP contribution is -2.05. The monoisotopic (exact) mass is 336 g/mol. The molecule has 0 atom stereocenters. The molecule has 0 saturated carbocycles. The molecule has 2 aromatic carbocycles. The van der Waals surface area contributed by atoms with E-state index in [0.717, 1.165) is 23.4 Å². The molecule has 0 bridgehead atoms. The topological polar surface area (TPSA) is 49.8 Å². The molecule has 0 aliphatic heterocycles. The summed E-state index contributed by atoms with van der Waals surface area (Å²) in [6, 6.07) is 14.3. The predicted molar refractivity (Wildman–Crippen MR) is 100 cm³/mol. The van der Waals surface area contributed by atoms with E-state index in [1.54, 1.807) is 12.1 Å². The van der Waals surface area contributed by atoms with Gasteiger partial charge in [-0.1, -0.05) is 31.2 Å². The summed E-state index contributed by atoms with van der Waals surface area (Å²) in [6.45, 7) is 6.08. The molecule has 0 spiro atoms. The van der Waals surface area contributed by atoms with Gasteiger partial charge in [-0.2, -0.15) is 4.98 Å². The zero-order valence-corrected chi connectivity index (χ0v) is 14.6. The fourth-order valence-electron chi connectivity index (χ4n) is 2.72. The molecular weight excluding hydrogens is 315 g/mol. The van der Waals surface area contributed by atoms with Crippen LogP contribution in [0.4, 0.5) is 27.5 Å². The van der Waals surface area contributed by atoms with Crippen LogP contribution in [0.3, 0.4) is 0 Å². The predicted octanol–water partition coefficient (Wildman–Crippen LogP) is 5.28. The Balaban J connectivity index is 1.90. The van der Waals surface area contributed by atoms with Gasteiger partial charge in [0.05, 0.1) is 0 Å². The van der Waals surface area contributed by atoms with Crippen molar-refractivity contribution in [2.75, 3.05) is 10.6 Å². The number of hydrogen-bond acceptors (Lipinski definition) is 4. The molecule has 1 aromatic heterocycles. The van der Waals surface area contributed by atoms with E-state index in [1.807, 2.05) is 19.1 Å². The van der Waals surface area contributed by atoms with Crippen LogP contribution in [0.1, 0.15) is 23.7 Å². The quantitative estimate of drug-likeness (QED) is 0.665. The third kappa shape index (κ3) is 4.12. The van der Waals surface area contributed by atoms with Gasteiger partial charge in [0.2, 0.25) is 5.95 Å². The van der Waals surface area contributed by atoms with E-state index in [0.29, 0.717) is 17.5 Å². The van der Waals surface area contributed by atoms with Crippen LogP contribution in [0.25, 0.3) is 0 Å². The van der Waals surface area contributed by atoms with Crippen LogP contribution < -0.4 is 10.6 Å². The number of aromatic nitrogens is 2. The number of aryl methyl sites for hydroxylation is 3. The maximum atomic E-state index is 13.4. The highest BCUT2D eigenvalue weighted by molar-refractivity contribution is 5.65. The molecule has 0 fully saturated rings. The summed E-state index contributed by atoms with van der Waals surface area (Å²) in [4.78, 5) is 8.98. The lowest BCUT2D eigenvalue weighted by molar-refractivity contribution is 0.628. The molecule has 5 heteroatoms. The summed E-state index contributed by atoms with van der Waals surface area (Å²) < 4.78 is 13.4. The standard InChI is InChI=1S/C20H21FN4/c1-4-15-8-5-7-13(2)19(15)25-20-22-14(3)11-18(24-20)23-17-10-6-9-16(21)12-17/h5-12H,4H2,1-3H3,(H2,22,23,24,25). The smallest absolute Gasteiger partial charge is 0.229 e. The van der Waals surface area contributed by atoms with Crippen molar-refractivity contribution >= 4 is 23.1 Å². The first-order valence-corrected chi connectivity index (χ1v) is 8.29. The highest BCUT2D eigenvalue weighted by atomic mass is 19.1. The Morgan fingerprint density at radius 2 is 1.76 bits per heavy atom. The van der Waals surface area contributed by atoms with Crippen molar-refractivity contribution in [2.24, 2.45) is 0 Å². The van der Waals surface area contributed by atoms with E-state index in [4.69, 9.17) is 0 Å². The number of rotatable bonds is 5. The highest BCUT2D eigenvalue weighted by Crippen LogP contribution is 2.25. The van der Waals surface area contributed by atoms with Crippen molar-refractivity contribution in [3.63, 3.8) is 0 Å². The second kappa shape index (κ2) is 7.30. The van der Waals surface area contributed by atoms with Crippen molar-refractivity contribution in [3.05, 3.63) is 71.2 Å². The van der Waals surface area contributed by atoms with Gasteiger partial charge in [-0.3, -0.25) is 0 Å². The summed E-state index contributed by atoms with van der Waals surface area (Å²) in [5.74, 6) is 0.844. The zero-order valence-electron chi connectivity index (χ0n) is 14.6. The molecule has 0 aliphatic carbocycles. The average Bonchev–Trinajstić information content (AvgIpc) is 2.56. The molecule has 2 N–H and O–H groups in total. The van der Waals surface area contributed by atoms with Crippen molar-refractivity contribution in [2.45, 2.75) is 27.2 Å². The summed E-state index contributed by atoms with van der Waals surface area (Å²) >= 11 is 0. The fourth-order valence-corrected chi connectivity index (χ4v) is 2.72. The van der Waals surface area contributed by atoms with Gasteiger partial charge in [0.25, 0.3) is 0 Å². The van der Waals surface area contributed by atoms with Crippen LogP contribution in [0.15, 0.2) is 48.5 Å². The number of hydrogen-bond donors (Lipinski definition) is 2. The Kier molecular flexibility index (Phi) is 4.93. The van der Waals surface area contributed by atoms with Gasteiger partial charge < -0.3 is 10.6 Å². The van der Waals surface area contributed by atoms with Crippen LogP contribution in [0, 0.1) is 19.7 Å². The number of nitrogens with one attached hydrogen (secondary N) is 2. The first-order chi connectivity index (χ1) is 12.0. The summed E-state index contributed by atoms with van der Waals surface area (Å²) in [5.41, 5.74) is 4.86. The minimum Gasteiger partial charge on any atom is -0.340 e. The molecule has 4 nitrogen and oxygen atoms in total. The van der Waals surface area contributed by atoms with Gasteiger partial charge in [0, 0.05) is 23.1 Å². The minimum absolute atomic E-state index is 0.290. The van der Waals surface area contributed by atoms with Crippen molar-refractivity contribution in [1.29, 1.82) is 0 Å². The lowest BCUT2D eigenvalue weighted by atomic mass is 10.1. The molecule has 3 rings (SSSR count). The largest absolute Gasteiger partial charge is 0.340 e. The van der Waals surface area contributed by atoms with Crippen molar-refractivity contribution < 1.29 is 4.39 Å². The Morgan fingerprint density at radius 1 is 0.960 bits per heavy atom. The van der Waals surface area contributed by atoms with E-state index in [-0.39, 0.29) is 5.82 Å². The SMILES string of the molecule is CCc1cccc(C)c1Nc1nc(C)cc(Nc2cccc(F)c2)n1. The highest BCUT2D eigenvalue weighted by Gasteiger charge is 2.08. The Hall–Kier alpha value is -2.95. The summed E-state index contributed by atoms with van der Waals surface area (Å²) in [7, 11) is 0. The second-order valence-electron chi connectivity index (χ2n) is 5.94. The van der Waals surface area contributed by atoms with Gasteiger partial charge in [0.1, 0.15) is 11.6 Å². The van der Waals surface area contributed by atoms with E-state index in [9.17, 15) is 4.39 Å². The van der Waals surface area contributed by atoms with Gasteiger partial charge in [-0.25, -0.2) is 9.37 Å². The number of anilines is 4. The lowest BCUT2D eigenvalue weighted by Gasteiger charge is -2.14. The molecule has 25 heavy (non-hydrogen) atoms. The normalized spacial score (nSPS) is 10.6. The van der Waals surface area contributed by atoms with Gasteiger partial charge in [0.15, 0.2) is 0 Å². The molecule has 0 aliphatic rings. The first-order valence-electron chi connectivity index (χ1n) is 8.29. The van der Waals surface area contributed by atoms with Crippen molar-refractivity contribution in [1.82, 2.24) is 9.97 Å². The number of benzene rings is 2. The van der Waals surface area contributed by atoms with Crippen LogP contribution in [0.5, 0.6) is 0 Å². The van der Waals surface area contributed by atoms with Gasteiger partial charge in [-0.15, -0.1) is 0 Å². The fraction of sp³-hybridized carbons (Fsp3) is 0.200. The average molecular weight is 336 g/mol. The minimum atomic E-state index is -0.290. The third-order valence-corrected chi connectivity index (χ3v) is 3.93. The van der Waals surface area contributed by atoms with Crippen LogP contribution in [-0.2, 0) is 6.42 Å². The van der Waals surface area contributed by atoms with E-state index in [2.05, 4.69) is 46.6 Å². The maximum Gasteiger partial charge on any atom is 0.229 e. The summed E-state index contributed by atoms with van der Waals surface area (Å²) in [5, 5.41) is 6.46. The molecule has 128 valence electrons. The Labute approximate surface area is 147 Å². The summed E-state index contributed by atoms with van der Waals surface area (Å²) in [6.07, 6.45) is 0.921. The van der Waals surface area contributed by atoms with Crippen LogP contribution in [-0.4, -0.2) is 9.97 Å². The van der Waals surface area contributed by atoms with E-state index < -0.39 is 0 Å². The Bertz CT molecular complexity index is 893. The van der Waals surface area contributed by atoms with Gasteiger partial charge >= 0.3 is 0 Å². The molecule has 0 unspecified atom stereocenters. The van der Waals surface area contributed by atoms with E-state index >= 15 is 0 Å². The third-order valence-electron chi connectivity index (χ3n) is 3.93. The molecule has 3 aromatic rings. The second-order valence-corrected chi connectivity index (χ2v) is 5.94. The molecule has 0 saturated heterocycles. The molecular formula is C20H21FN4. The Morgan fingerprint density at radius 3 is 2.52 bits per heavy atom. The first kappa shape index (κ1) is 16.9. The number of halogens is 1. The zero-order chi connectivity index (χ0) is 17.8. The molecule has 0 radical (unpaired) electrons. The number of nitrogens with zero attached hydrogens (tertiary/aromatic N) is 2. The van der Waals surface area contributed by atoms with Crippen LogP contribution >= 0.6 is 0 Å². The molecule has 1 heterocycles. The van der Waals surface area contributed by atoms with Gasteiger partial charge in [-0.05, 0) is 49.6 Å².